The lowest BCUT2D eigenvalue weighted by atomic mass is 9.83. The van der Waals surface area contributed by atoms with Gasteiger partial charge in [-0.25, -0.2) is 9.79 Å². The number of hydrogen-bond donors (Lipinski definition) is 2. The molecule has 3 rings (SSSR count). The van der Waals surface area contributed by atoms with E-state index in [2.05, 4.69) is 16.7 Å². The summed E-state index contributed by atoms with van der Waals surface area (Å²) in [5.41, 5.74) is -0.861. The van der Waals surface area contributed by atoms with E-state index in [1.54, 1.807) is 26.0 Å². The van der Waals surface area contributed by atoms with Crippen LogP contribution in [0.15, 0.2) is 4.99 Å². The van der Waals surface area contributed by atoms with E-state index in [0.29, 0.717) is 70.5 Å². The highest BCUT2D eigenvalue weighted by Gasteiger charge is 2.42. The molecule has 11 heteroatoms. The average Bonchev–Trinajstić information content (AvgIpc) is 2.93. The predicted octanol–water partition coefficient (Wildman–Crippen LogP) is 1.88. The summed E-state index contributed by atoms with van der Waals surface area (Å²) in [5, 5.41) is 16.2. The Balaban J connectivity index is 1.92. The van der Waals surface area contributed by atoms with E-state index in [0.717, 1.165) is 25.7 Å². The van der Waals surface area contributed by atoms with Crippen LogP contribution in [0.3, 0.4) is 0 Å². The number of ether oxygens (including phenoxy) is 3. The molecule has 0 aromatic carbocycles. The van der Waals surface area contributed by atoms with Crippen LogP contribution in [0.5, 0.6) is 0 Å². The summed E-state index contributed by atoms with van der Waals surface area (Å²) in [5.74, 6) is 0.501. The predicted molar refractivity (Wildman–Crippen MR) is 139 cm³/mol. The van der Waals surface area contributed by atoms with E-state index in [4.69, 9.17) is 19.2 Å². The van der Waals surface area contributed by atoms with Gasteiger partial charge < -0.3 is 29.3 Å². The molecular weight excluding hydrogens is 476 g/mol. The van der Waals surface area contributed by atoms with Crippen molar-refractivity contribution in [1.82, 2.24) is 20.4 Å². The van der Waals surface area contributed by atoms with Crippen LogP contribution in [-0.4, -0.2) is 106 Å². The molecule has 2 heterocycles. The number of guanidine groups is 1. The number of rotatable bonds is 8. The fourth-order valence-electron chi connectivity index (χ4n) is 5.54. The first-order valence-corrected chi connectivity index (χ1v) is 13.7. The molecule has 2 unspecified atom stereocenters. The van der Waals surface area contributed by atoms with Crippen LogP contribution < -0.4 is 10.6 Å². The number of carbonyl (C=O) groups is 2. The van der Waals surface area contributed by atoms with Gasteiger partial charge in [0.2, 0.25) is 11.9 Å². The second-order valence-electron chi connectivity index (χ2n) is 10.2. The van der Waals surface area contributed by atoms with Crippen molar-refractivity contribution < 1.29 is 23.8 Å². The molecule has 1 aliphatic carbocycles. The number of methoxy groups -OCH3 is 1. The molecule has 2 saturated heterocycles. The Hall–Kier alpha value is -2.42. The summed E-state index contributed by atoms with van der Waals surface area (Å²) in [6.45, 7) is 5.17. The molecule has 2 aliphatic heterocycles. The van der Waals surface area contributed by atoms with E-state index in [9.17, 15) is 14.9 Å². The number of nitrogens with one attached hydrogen (secondary N) is 2. The molecule has 0 spiro atoms. The van der Waals surface area contributed by atoms with E-state index < -0.39 is 17.7 Å². The molecule has 208 valence electrons. The van der Waals surface area contributed by atoms with Crippen molar-refractivity contribution in [3.05, 3.63) is 0 Å². The summed E-state index contributed by atoms with van der Waals surface area (Å²) in [6, 6.07) is 1.71. The fourth-order valence-corrected chi connectivity index (χ4v) is 5.54. The van der Waals surface area contributed by atoms with Crippen LogP contribution in [0.4, 0.5) is 4.79 Å². The molecule has 0 aromatic heterocycles. The molecule has 3 aliphatic rings. The minimum Gasteiger partial charge on any atom is -0.450 e. The van der Waals surface area contributed by atoms with E-state index in [1.807, 2.05) is 4.90 Å². The van der Waals surface area contributed by atoms with Crippen LogP contribution in [0, 0.1) is 17.2 Å². The Morgan fingerprint density at radius 3 is 2.68 bits per heavy atom. The Bertz CT molecular complexity index is 817. The van der Waals surface area contributed by atoms with Crippen LogP contribution in [0.25, 0.3) is 0 Å². The molecule has 0 radical (unpaired) electrons. The van der Waals surface area contributed by atoms with E-state index in [1.165, 1.54) is 6.42 Å². The van der Waals surface area contributed by atoms with Gasteiger partial charge >= 0.3 is 6.09 Å². The highest BCUT2D eigenvalue weighted by atomic mass is 16.5. The Morgan fingerprint density at radius 1 is 1.30 bits per heavy atom. The van der Waals surface area contributed by atoms with Crippen LogP contribution in [0.2, 0.25) is 0 Å². The topological polar surface area (TPSA) is 129 Å². The third kappa shape index (κ3) is 8.03. The van der Waals surface area contributed by atoms with Crippen molar-refractivity contribution in [3.63, 3.8) is 0 Å². The van der Waals surface area contributed by atoms with Gasteiger partial charge in [0.15, 0.2) is 0 Å². The van der Waals surface area contributed by atoms with Crippen molar-refractivity contribution in [2.24, 2.45) is 10.9 Å². The lowest BCUT2D eigenvalue weighted by molar-refractivity contribution is -0.136. The molecule has 1 saturated carbocycles. The lowest BCUT2D eigenvalue weighted by Crippen LogP contribution is -2.57. The normalized spacial score (nSPS) is 23.6. The Labute approximate surface area is 220 Å². The Kier molecular flexibility index (Phi) is 11.4. The number of morpholine rings is 1. The van der Waals surface area contributed by atoms with E-state index >= 15 is 0 Å². The van der Waals surface area contributed by atoms with Crippen molar-refractivity contribution in [2.45, 2.75) is 76.0 Å². The zero-order chi connectivity index (χ0) is 26.7. The third-order valence-corrected chi connectivity index (χ3v) is 7.74. The number of aliphatic imine (C=N–C) groups is 1. The van der Waals surface area contributed by atoms with Gasteiger partial charge in [0, 0.05) is 27.2 Å². The first-order valence-electron chi connectivity index (χ1n) is 13.7. The molecule has 3 fully saturated rings. The number of piperidine rings is 1. The quantitative estimate of drug-likeness (QED) is 0.367. The zero-order valence-corrected chi connectivity index (χ0v) is 22.7. The maximum absolute atomic E-state index is 14.0. The van der Waals surface area contributed by atoms with Gasteiger partial charge in [-0.2, -0.15) is 5.26 Å². The minimum atomic E-state index is -0.861. The molecule has 11 nitrogen and oxygen atoms in total. The fraction of sp³-hybridized carbons (Fsp3) is 0.846. The first kappa shape index (κ1) is 29.1. The maximum Gasteiger partial charge on any atom is 0.413 e. The standard InChI is InChI=1S/C26H44N6O5/c1-4-36-25(34)30-24(32-14-15-37-21(17-32)18-35-3)29-22(16-20-8-6-5-7-9-20)23(33)31(2)26(19-27)10-12-28-13-11-26/h20-22,28H,4-18H2,1-3H3,(H,29,30,34). The molecule has 0 aromatic rings. The molecule has 37 heavy (non-hydrogen) atoms. The smallest absolute Gasteiger partial charge is 0.413 e. The van der Waals surface area contributed by atoms with Gasteiger partial charge in [-0.1, -0.05) is 32.1 Å². The van der Waals surface area contributed by atoms with E-state index in [-0.39, 0.29) is 18.6 Å². The lowest BCUT2D eigenvalue weighted by Gasteiger charge is -2.41. The molecule has 2 atom stereocenters. The number of amides is 2. The summed E-state index contributed by atoms with van der Waals surface area (Å²) in [4.78, 5) is 34.9. The molecule has 0 bridgehead atoms. The van der Waals surface area contributed by atoms with Gasteiger partial charge in [-0.05, 0) is 45.2 Å². The van der Waals surface area contributed by atoms with Crippen LogP contribution in [-0.2, 0) is 19.0 Å². The van der Waals surface area contributed by atoms with Gasteiger partial charge in [-0.3, -0.25) is 10.1 Å². The van der Waals surface area contributed by atoms with Crippen molar-refractivity contribution >= 4 is 18.0 Å². The van der Waals surface area contributed by atoms with Gasteiger partial charge in [-0.15, -0.1) is 0 Å². The second kappa shape index (κ2) is 14.5. The van der Waals surface area contributed by atoms with Gasteiger partial charge in [0.1, 0.15) is 11.6 Å². The highest BCUT2D eigenvalue weighted by Crippen LogP contribution is 2.31. The number of nitrogens with zero attached hydrogens (tertiary/aromatic N) is 4. The highest BCUT2D eigenvalue weighted by molar-refractivity contribution is 5.96. The summed E-state index contributed by atoms with van der Waals surface area (Å²) < 4.78 is 16.2. The van der Waals surface area contributed by atoms with Gasteiger partial charge in [0.25, 0.3) is 0 Å². The van der Waals surface area contributed by atoms with Crippen molar-refractivity contribution in [2.75, 3.05) is 60.2 Å². The average molecular weight is 521 g/mol. The number of hydrogen-bond acceptors (Lipinski definition) is 8. The zero-order valence-electron chi connectivity index (χ0n) is 22.7. The largest absolute Gasteiger partial charge is 0.450 e. The first-order chi connectivity index (χ1) is 17.9. The molecule has 2 N–H and O–H groups in total. The minimum absolute atomic E-state index is 0.181. The summed E-state index contributed by atoms with van der Waals surface area (Å²) >= 11 is 0. The van der Waals surface area contributed by atoms with Gasteiger partial charge in [0.05, 0.1) is 32.0 Å². The van der Waals surface area contributed by atoms with Crippen LogP contribution in [0.1, 0.15) is 58.3 Å². The number of carbonyl (C=O) groups excluding carboxylic acids is 2. The number of likely N-dealkylation sites (N-methyl/N-ethyl adjacent to an activating group) is 1. The van der Waals surface area contributed by atoms with Crippen LogP contribution >= 0.6 is 0 Å². The van der Waals surface area contributed by atoms with Crippen molar-refractivity contribution in [1.29, 1.82) is 5.26 Å². The third-order valence-electron chi connectivity index (χ3n) is 7.74. The Morgan fingerprint density at radius 2 is 2.03 bits per heavy atom. The molecule has 2 amide bonds. The summed E-state index contributed by atoms with van der Waals surface area (Å²) in [6.07, 6.45) is 6.57. The SMILES string of the molecule is CCOC(=O)NC(=NC(CC1CCCCC1)C(=O)N(C)C1(C#N)CCNCC1)N1CCOC(COC)C1. The maximum atomic E-state index is 14.0. The monoisotopic (exact) mass is 520 g/mol. The number of alkyl carbamates (subject to hydrolysis) is 1. The summed E-state index contributed by atoms with van der Waals surface area (Å²) in [7, 11) is 3.34. The second-order valence-corrected chi connectivity index (χ2v) is 10.2. The van der Waals surface area contributed by atoms with Crippen molar-refractivity contribution in [3.8, 4) is 6.07 Å². The molecular formula is C26H44N6O5. The number of nitriles is 1.